The maximum Gasteiger partial charge on any atom is 0.270 e. The Morgan fingerprint density at radius 1 is 1.06 bits per heavy atom. The molecule has 2 aromatic carbocycles. The van der Waals surface area contributed by atoms with Gasteiger partial charge in [-0.05, 0) is 24.6 Å². The van der Waals surface area contributed by atoms with Crippen molar-refractivity contribution >= 4 is 22.8 Å². The van der Waals surface area contributed by atoms with Crippen LogP contribution in [0.4, 0.5) is 16.0 Å². The van der Waals surface area contributed by atoms with Gasteiger partial charge < -0.3 is 10.6 Å². The van der Waals surface area contributed by atoms with Gasteiger partial charge in [-0.25, -0.2) is 14.4 Å². The van der Waals surface area contributed by atoms with Crippen LogP contribution in [0.3, 0.4) is 0 Å². The molecule has 2 aromatic heterocycles. The van der Waals surface area contributed by atoms with E-state index in [1.165, 1.54) is 12.3 Å². The van der Waals surface area contributed by atoms with Gasteiger partial charge >= 0.3 is 0 Å². The molecular weight excluding hydrogens is 459 g/mol. The van der Waals surface area contributed by atoms with Crippen molar-refractivity contribution in [3.8, 4) is 17.3 Å². The molecule has 0 aliphatic carbocycles. The Morgan fingerprint density at radius 3 is 2.58 bits per heavy atom. The molecule has 0 atom stereocenters. The molecule has 10 heteroatoms. The van der Waals surface area contributed by atoms with Gasteiger partial charge in [0.2, 0.25) is 5.95 Å². The number of piperazine rings is 1. The topological polar surface area (TPSA) is 117 Å². The maximum absolute atomic E-state index is 14.2. The third kappa shape index (κ3) is 4.36. The largest absolute Gasteiger partial charge is 0.368 e. The number of hydrogen-bond acceptors (Lipinski definition) is 8. The van der Waals surface area contributed by atoms with Crippen molar-refractivity contribution in [2.24, 2.45) is 0 Å². The zero-order valence-electron chi connectivity index (χ0n) is 19.9. The van der Waals surface area contributed by atoms with Gasteiger partial charge in [-0.3, -0.25) is 14.3 Å². The molecule has 2 N–H and O–H groups in total. The van der Waals surface area contributed by atoms with Gasteiger partial charge in [0.05, 0.1) is 17.4 Å². The van der Waals surface area contributed by atoms with Crippen molar-refractivity contribution < 1.29 is 4.39 Å². The molecule has 1 fully saturated rings. The quantitative estimate of drug-likeness (QED) is 0.459. The lowest BCUT2D eigenvalue weighted by Crippen LogP contribution is -2.47. The highest BCUT2D eigenvalue weighted by atomic mass is 19.1. The van der Waals surface area contributed by atoms with Crippen molar-refractivity contribution in [2.45, 2.75) is 13.5 Å². The molecule has 3 heterocycles. The highest BCUT2D eigenvalue weighted by molar-refractivity contribution is 5.90. The lowest BCUT2D eigenvalue weighted by atomic mass is 10.00. The number of halogens is 1. The number of fused-ring (bicyclic) bond motifs is 1. The molecule has 1 aliphatic rings. The Balaban J connectivity index is 1.41. The summed E-state index contributed by atoms with van der Waals surface area (Å²) >= 11 is 0. The standard InChI is InChI=1S/C26H25FN8O/c1-17-5-4-6-18(19(17)15-28)23-24-25(32-26(29)31-23)35(22(36)16-30-24)14-11-33-9-12-34(13-10-33)21-8-3-2-7-20(21)27/h2-8,16H,9-14H2,1H3,(H2,29,31,32). The molecule has 4 aromatic rings. The van der Waals surface area contributed by atoms with E-state index >= 15 is 0 Å². The summed E-state index contributed by atoms with van der Waals surface area (Å²) in [6, 6.07) is 14.5. The third-order valence-corrected chi connectivity index (χ3v) is 6.55. The Bertz CT molecular complexity index is 1540. The molecule has 36 heavy (non-hydrogen) atoms. The first-order valence-corrected chi connectivity index (χ1v) is 11.7. The van der Waals surface area contributed by atoms with E-state index in [4.69, 9.17) is 5.73 Å². The van der Waals surface area contributed by atoms with E-state index in [0.29, 0.717) is 59.9 Å². The van der Waals surface area contributed by atoms with Crippen molar-refractivity contribution in [2.75, 3.05) is 43.4 Å². The molecular formula is C26H25FN8O. The number of benzene rings is 2. The average Bonchev–Trinajstić information content (AvgIpc) is 2.88. The number of nitrogen functional groups attached to an aromatic ring is 1. The van der Waals surface area contributed by atoms with Crippen LogP contribution in [-0.2, 0) is 6.54 Å². The van der Waals surface area contributed by atoms with Crippen LogP contribution >= 0.6 is 0 Å². The van der Waals surface area contributed by atoms with Gasteiger partial charge in [-0.15, -0.1) is 0 Å². The number of nitrogens with two attached hydrogens (primary N) is 1. The van der Waals surface area contributed by atoms with Gasteiger partial charge in [0, 0.05) is 44.8 Å². The number of anilines is 2. The summed E-state index contributed by atoms with van der Waals surface area (Å²) in [5.74, 6) is -0.218. The minimum atomic E-state index is -0.290. The second-order valence-corrected chi connectivity index (χ2v) is 8.74. The molecule has 0 radical (unpaired) electrons. The number of nitriles is 1. The smallest absolute Gasteiger partial charge is 0.270 e. The van der Waals surface area contributed by atoms with Crippen LogP contribution in [0.1, 0.15) is 11.1 Å². The lowest BCUT2D eigenvalue weighted by Gasteiger charge is -2.36. The molecule has 182 valence electrons. The minimum Gasteiger partial charge on any atom is -0.368 e. The van der Waals surface area contributed by atoms with Crippen LogP contribution in [0.2, 0.25) is 0 Å². The van der Waals surface area contributed by atoms with Crippen LogP contribution in [0, 0.1) is 24.1 Å². The van der Waals surface area contributed by atoms with E-state index < -0.39 is 0 Å². The summed E-state index contributed by atoms with van der Waals surface area (Å²) in [5.41, 5.74) is 9.41. The van der Waals surface area contributed by atoms with E-state index in [0.717, 1.165) is 18.7 Å². The number of para-hydroxylation sites is 1. The normalized spacial score (nSPS) is 14.2. The number of hydrogen-bond donors (Lipinski definition) is 1. The van der Waals surface area contributed by atoms with Crippen molar-refractivity contribution in [3.05, 3.63) is 76.0 Å². The van der Waals surface area contributed by atoms with Crippen molar-refractivity contribution in [1.82, 2.24) is 24.4 Å². The molecule has 0 bridgehead atoms. The maximum atomic E-state index is 14.2. The number of nitrogens with zero attached hydrogens (tertiary/aromatic N) is 7. The molecule has 0 spiro atoms. The summed E-state index contributed by atoms with van der Waals surface area (Å²) < 4.78 is 15.7. The van der Waals surface area contributed by atoms with Gasteiger partial charge in [-0.2, -0.15) is 10.2 Å². The summed E-state index contributed by atoms with van der Waals surface area (Å²) in [4.78, 5) is 30.1. The summed E-state index contributed by atoms with van der Waals surface area (Å²) in [6.45, 7) is 5.70. The van der Waals surface area contributed by atoms with Gasteiger partial charge in [-0.1, -0.05) is 30.3 Å². The lowest BCUT2D eigenvalue weighted by molar-refractivity contribution is 0.247. The first-order chi connectivity index (χ1) is 17.5. The predicted molar refractivity (Wildman–Crippen MR) is 136 cm³/mol. The molecule has 0 unspecified atom stereocenters. The van der Waals surface area contributed by atoms with E-state index in [-0.39, 0.29) is 17.3 Å². The summed E-state index contributed by atoms with van der Waals surface area (Å²) in [6.07, 6.45) is 1.25. The molecule has 5 rings (SSSR count). The molecule has 0 saturated carbocycles. The Labute approximate surface area is 207 Å². The van der Waals surface area contributed by atoms with Crippen molar-refractivity contribution in [3.63, 3.8) is 0 Å². The van der Waals surface area contributed by atoms with Crippen LogP contribution in [-0.4, -0.2) is 57.1 Å². The second kappa shape index (κ2) is 9.71. The Hall–Kier alpha value is -4.36. The zero-order valence-corrected chi connectivity index (χ0v) is 19.9. The number of aryl methyl sites for hydroxylation is 1. The highest BCUT2D eigenvalue weighted by Gasteiger charge is 2.21. The number of rotatable bonds is 5. The van der Waals surface area contributed by atoms with Gasteiger partial charge in [0.25, 0.3) is 5.56 Å². The minimum absolute atomic E-state index is 0.00236. The van der Waals surface area contributed by atoms with Crippen molar-refractivity contribution in [1.29, 1.82) is 5.26 Å². The van der Waals surface area contributed by atoms with E-state index in [2.05, 4.69) is 25.9 Å². The van der Waals surface area contributed by atoms with Crippen LogP contribution in [0.25, 0.3) is 22.4 Å². The van der Waals surface area contributed by atoms with Crippen LogP contribution in [0.5, 0.6) is 0 Å². The van der Waals surface area contributed by atoms with Crippen LogP contribution in [0.15, 0.2) is 53.5 Å². The highest BCUT2D eigenvalue weighted by Crippen LogP contribution is 2.29. The average molecular weight is 485 g/mol. The molecule has 9 nitrogen and oxygen atoms in total. The molecule has 1 aliphatic heterocycles. The number of aromatic nitrogens is 4. The monoisotopic (exact) mass is 484 g/mol. The molecule has 0 amide bonds. The fourth-order valence-electron chi connectivity index (χ4n) is 4.64. The van der Waals surface area contributed by atoms with Crippen LogP contribution < -0.4 is 16.2 Å². The SMILES string of the molecule is Cc1cccc(-c2nc(N)nc3c2ncc(=O)n3CCN2CCN(c3ccccc3F)CC2)c1C#N. The third-order valence-electron chi connectivity index (χ3n) is 6.55. The fourth-order valence-corrected chi connectivity index (χ4v) is 4.64. The Kier molecular flexibility index (Phi) is 6.31. The zero-order chi connectivity index (χ0) is 25.2. The fraction of sp³-hybridized carbons (Fsp3) is 0.269. The summed E-state index contributed by atoms with van der Waals surface area (Å²) in [7, 11) is 0. The Morgan fingerprint density at radius 2 is 1.83 bits per heavy atom. The second-order valence-electron chi connectivity index (χ2n) is 8.74. The predicted octanol–water partition coefficient (Wildman–Crippen LogP) is 2.58. The van der Waals surface area contributed by atoms with Gasteiger partial charge in [0.1, 0.15) is 23.1 Å². The van der Waals surface area contributed by atoms with Gasteiger partial charge in [0.15, 0.2) is 5.65 Å². The van der Waals surface area contributed by atoms with E-state index in [1.807, 2.05) is 30.0 Å². The first-order valence-electron chi connectivity index (χ1n) is 11.7. The summed E-state index contributed by atoms with van der Waals surface area (Å²) in [5, 5.41) is 9.71. The van der Waals surface area contributed by atoms with E-state index in [1.54, 1.807) is 22.8 Å². The molecule has 1 saturated heterocycles. The van der Waals surface area contributed by atoms with E-state index in [9.17, 15) is 14.4 Å². The first kappa shape index (κ1) is 23.4.